The van der Waals surface area contributed by atoms with Gasteiger partial charge in [0.1, 0.15) is 0 Å². The molecule has 112 valence electrons. The molecule has 2 aromatic rings. The van der Waals surface area contributed by atoms with E-state index in [1.807, 2.05) is 6.92 Å². The fourth-order valence-electron chi connectivity index (χ4n) is 3.00. The van der Waals surface area contributed by atoms with Gasteiger partial charge in [0.2, 0.25) is 0 Å². The van der Waals surface area contributed by atoms with Crippen LogP contribution in [0.2, 0.25) is 0 Å². The van der Waals surface area contributed by atoms with Crippen LogP contribution in [0.5, 0.6) is 0 Å². The Morgan fingerprint density at radius 3 is 1.76 bits per heavy atom. The zero-order valence-corrected chi connectivity index (χ0v) is 14.0. The van der Waals surface area contributed by atoms with E-state index in [0.717, 1.165) is 16.8 Å². The third kappa shape index (κ3) is 2.37. The molecule has 1 aromatic heterocycles. The SMILES string of the molecule is CNn1c(-c2c(C)c(C)c(C)c(C)c2C)cc(C)cc1=O. The topological polar surface area (TPSA) is 34.0 Å². The maximum absolute atomic E-state index is 12.2. The number of aromatic nitrogens is 1. The molecule has 0 bridgehead atoms. The Morgan fingerprint density at radius 2 is 1.29 bits per heavy atom. The normalized spacial score (nSPS) is 10.8. The number of nitrogens with one attached hydrogen (secondary N) is 1. The van der Waals surface area contributed by atoms with Crippen LogP contribution in [0.4, 0.5) is 0 Å². The second-order valence-corrected chi connectivity index (χ2v) is 5.82. The van der Waals surface area contributed by atoms with E-state index in [4.69, 9.17) is 0 Å². The highest BCUT2D eigenvalue weighted by Gasteiger charge is 2.17. The summed E-state index contributed by atoms with van der Waals surface area (Å²) in [4.78, 5) is 12.2. The molecule has 0 atom stereocenters. The summed E-state index contributed by atoms with van der Waals surface area (Å²) in [7, 11) is 1.78. The minimum Gasteiger partial charge on any atom is -0.326 e. The van der Waals surface area contributed by atoms with Crippen LogP contribution in [0.25, 0.3) is 11.3 Å². The lowest BCUT2D eigenvalue weighted by molar-refractivity contribution is 0.875. The molecule has 2 rings (SSSR count). The van der Waals surface area contributed by atoms with Gasteiger partial charge in [-0.3, -0.25) is 4.79 Å². The molecule has 0 saturated carbocycles. The second-order valence-electron chi connectivity index (χ2n) is 5.82. The molecule has 21 heavy (non-hydrogen) atoms. The highest BCUT2D eigenvalue weighted by atomic mass is 16.1. The van der Waals surface area contributed by atoms with Crippen molar-refractivity contribution in [1.29, 1.82) is 0 Å². The van der Waals surface area contributed by atoms with Gasteiger partial charge in [0.25, 0.3) is 5.56 Å². The summed E-state index contributed by atoms with van der Waals surface area (Å²) in [5.41, 5.74) is 12.5. The average Bonchev–Trinajstić information content (AvgIpc) is 2.43. The fraction of sp³-hybridized carbons (Fsp3) is 0.389. The van der Waals surface area contributed by atoms with Crippen molar-refractivity contribution in [1.82, 2.24) is 4.68 Å². The number of nitrogens with zero attached hydrogens (tertiary/aromatic N) is 1. The van der Waals surface area contributed by atoms with Crippen LogP contribution in [0, 0.1) is 41.5 Å². The summed E-state index contributed by atoms with van der Waals surface area (Å²) < 4.78 is 1.62. The smallest absolute Gasteiger partial charge is 0.269 e. The molecular formula is C18H24N2O. The summed E-state index contributed by atoms with van der Waals surface area (Å²) in [6.07, 6.45) is 0. The Labute approximate surface area is 126 Å². The number of rotatable bonds is 2. The van der Waals surface area contributed by atoms with E-state index in [0.29, 0.717) is 0 Å². The van der Waals surface area contributed by atoms with Crippen LogP contribution in [-0.2, 0) is 0 Å². The van der Waals surface area contributed by atoms with Gasteiger partial charge >= 0.3 is 0 Å². The van der Waals surface area contributed by atoms with Crippen LogP contribution >= 0.6 is 0 Å². The Morgan fingerprint density at radius 1 is 0.810 bits per heavy atom. The van der Waals surface area contributed by atoms with E-state index in [-0.39, 0.29) is 5.56 Å². The van der Waals surface area contributed by atoms with Crippen LogP contribution in [0.1, 0.15) is 33.4 Å². The average molecular weight is 284 g/mol. The zero-order chi connectivity index (χ0) is 15.9. The van der Waals surface area contributed by atoms with E-state index in [2.05, 4.69) is 46.1 Å². The molecule has 0 spiro atoms. The zero-order valence-electron chi connectivity index (χ0n) is 14.0. The maximum atomic E-state index is 12.2. The van der Waals surface area contributed by atoms with Gasteiger partial charge in [-0.1, -0.05) is 0 Å². The largest absolute Gasteiger partial charge is 0.326 e. The molecule has 0 aliphatic heterocycles. The number of hydrogen-bond acceptors (Lipinski definition) is 2. The number of pyridine rings is 1. The molecule has 3 heteroatoms. The van der Waals surface area contributed by atoms with E-state index < -0.39 is 0 Å². The second kappa shape index (κ2) is 5.40. The number of aryl methyl sites for hydroxylation is 1. The molecule has 0 amide bonds. The summed E-state index contributed by atoms with van der Waals surface area (Å²) in [6, 6.07) is 3.72. The van der Waals surface area contributed by atoms with E-state index >= 15 is 0 Å². The number of benzene rings is 1. The molecule has 0 unspecified atom stereocenters. The highest BCUT2D eigenvalue weighted by Crippen LogP contribution is 2.33. The molecular weight excluding hydrogens is 260 g/mol. The lowest BCUT2D eigenvalue weighted by Gasteiger charge is -2.21. The lowest BCUT2D eigenvalue weighted by Crippen LogP contribution is -2.28. The molecule has 1 aromatic carbocycles. The van der Waals surface area contributed by atoms with Gasteiger partial charge in [-0.2, -0.15) is 0 Å². The van der Waals surface area contributed by atoms with E-state index in [1.54, 1.807) is 17.8 Å². The number of hydrogen-bond donors (Lipinski definition) is 1. The van der Waals surface area contributed by atoms with Gasteiger partial charge in [0.15, 0.2) is 0 Å². The summed E-state index contributed by atoms with van der Waals surface area (Å²) >= 11 is 0. The Hall–Kier alpha value is -2.03. The van der Waals surface area contributed by atoms with Crippen molar-refractivity contribution >= 4 is 0 Å². The van der Waals surface area contributed by atoms with Crippen molar-refractivity contribution in [3.63, 3.8) is 0 Å². The Kier molecular flexibility index (Phi) is 3.95. The highest BCUT2D eigenvalue weighted by molar-refractivity contribution is 5.73. The molecule has 1 N–H and O–H groups in total. The lowest BCUT2D eigenvalue weighted by atomic mass is 9.88. The summed E-state index contributed by atoms with van der Waals surface area (Å²) in [5, 5.41) is 0. The third-order valence-electron chi connectivity index (χ3n) is 4.66. The van der Waals surface area contributed by atoms with E-state index in [9.17, 15) is 4.79 Å². The van der Waals surface area contributed by atoms with Crippen molar-refractivity contribution in [2.24, 2.45) is 0 Å². The molecule has 3 nitrogen and oxygen atoms in total. The fourth-order valence-corrected chi connectivity index (χ4v) is 3.00. The Bertz CT molecular complexity index is 741. The van der Waals surface area contributed by atoms with Crippen LogP contribution < -0.4 is 11.0 Å². The molecule has 0 saturated heterocycles. The molecule has 0 aliphatic carbocycles. The predicted octanol–water partition coefficient (Wildman–Crippen LogP) is 3.54. The van der Waals surface area contributed by atoms with Crippen molar-refractivity contribution in [2.45, 2.75) is 41.5 Å². The first kappa shape index (κ1) is 15.4. The van der Waals surface area contributed by atoms with Crippen LogP contribution in [0.15, 0.2) is 16.9 Å². The van der Waals surface area contributed by atoms with Gasteiger partial charge in [-0.05, 0) is 81.0 Å². The van der Waals surface area contributed by atoms with Crippen molar-refractivity contribution in [3.05, 3.63) is 55.9 Å². The minimum absolute atomic E-state index is 0.0258. The van der Waals surface area contributed by atoms with Gasteiger partial charge < -0.3 is 5.43 Å². The van der Waals surface area contributed by atoms with Gasteiger partial charge in [0, 0.05) is 18.7 Å². The quantitative estimate of drug-likeness (QED) is 0.915. The summed E-state index contributed by atoms with van der Waals surface area (Å²) in [5.74, 6) is 0. The standard InChI is InChI=1S/C18H24N2O/c1-10-8-16(20(19-7)17(21)9-10)18-14(5)12(3)11(2)13(4)15(18)6/h8-9,19H,1-7H3. The molecule has 0 aliphatic rings. The van der Waals surface area contributed by atoms with Crippen molar-refractivity contribution < 1.29 is 0 Å². The molecule has 0 radical (unpaired) electrons. The monoisotopic (exact) mass is 284 g/mol. The third-order valence-corrected chi connectivity index (χ3v) is 4.66. The van der Waals surface area contributed by atoms with Gasteiger partial charge in [-0.15, -0.1) is 0 Å². The van der Waals surface area contributed by atoms with E-state index in [1.165, 1.54) is 27.8 Å². The van der Waals surface area contributed by atoms with Crippen molar-refractivity contribution in [3.8, 4) is 11.3 Å². The van der Waals surface area contributed by atoms with Crippen molar-refractivity contribution in [2.75, 3.05) is 12.5 Å². The van der Waals surface area contributed by atoms with Crippen LogP contribution in [0.3, 0.4) is 0 Å². The Balaban J connectivity index is 2.95. The first-order chi connectivity index (χ1) is 9.79. The minimum atomic E-state index is -0.0258. The predicted molar refractivity (Wildman–Crippen MR) is 89.8 cm³/mol. The molecule has 0 fully saturated rings. The molecule has 1 heterocycles. The first-order valence-electron chi connectivity index (χ1n) is 7.28. The van der Waals surface area contributed by atoms with Gasteiger partial charge in [0.05, 0.1) is 5.69 Å². The van der Waals surface area contributed by atoms with Crippen LogP contribution in [-0.4, -0.2) is 11.7 Å². The summed E-state index contributed by atoms with van der Waals surface area (Å²) in [6.45, 7) is 12.7. The van der Waals surface area contributed by atoms with Gasteiger partial charge in [-0.25, -0.2) is 4.68 Å². The maximum Gasteiger partial charge on any atom is 0.269 e. The first-order valence-corrected chi connectivity index (χ1v) is 7.28.